The summed E-state index contributed by atoms with van der Waals surface area (Å²) in [5, 5.41) is 3.84. The first-order chi connectivity index (χ1) is 7.98. The van der Waals surface area contributed by atoms with Crippen molar-refractivity contribution in [2.24, 2.45) is 0 Å². The van der Waals surface area contributed by atoms with Crippen LogP contribution in [-0.2, 0) is 10.0 Å². The van der Waals surface area contributed by atoms with Crippen LogP contribution in [0.15, 0.2) is 10.6 Å². The lowest BCUT2D eigenvalue weighted by atomic mass is 10.1. The maximum atomic E-state index is 11.8. The van der Waals surface area contributed by atoms with E-state index in [-0.39, 0.29) is 6.04 Å². The van der Waals surface area contributed by atoms with Crippen LogP contribution in [0.5, 0.6) is 0 Å². The second kappa shape index (κ2) is 4.78. The average Bonchev–Trinajstić information content (AvgIpc) is 2.52. The third kappa shape index (κ3) is 2.87. The fourth-order valence-electron chi connectivity index (χ4n) is 2.30. The highest BCUT2D eigenvalue weighted by Crippen LogP contribution is 2.32. The maximum Gasteiger partial charge on any atom is 0.211 e. The highest BCUT2D eigenvalue weighted by atomic mass is 32.2. The van der Waals surface area contributed by atoms with Gasteiger partial charge in [-0.1, -0.05) is 18.0 Å². The van der Waals surface area contributed by atoms with Gasteiger partial charge in [-0.05, 0) is 19.8 Å². The summed E-state index contributed by atoms with van der Waals surface area (Å²) in [7, 11) is -3.19. The molecule has 2 heterocycles. The molecule has 1 aliphatic heterocycles. The number of nitrogens with zero attached hydrogens (tertiary/aromatic N) is 2. The zero-order valence-corrected chi connectivity index (χ0v) is 11.0. The van der Waals surface area contributed by atoms with Crippen molar-refractivity contribution in [1.29, 1.82) is 0 Å². The van der Waals surface area contributed by atoms with Crippen molar-refractivity contribution in [2.45, 2.75) is 38.6 Å². The Bertz CT molecular complexity index is 481. The Hall–Kier alpha value is -0.880. The van der Waals surface area contributed by atoms with Gasteiger partial charge in [0.05, 0.1) is 18.0 Å². The molecule has 1 aliphatic rings. The van der Waals surface area contributed by atoms with E-state index in [1.54, 1.807) is 4.31 Å². The van der Waals surface area contributed by atoms with Crippen molar-refractivity contribution in [1.82, 2.24) is 9.46 Å². The SMILES string of the molecule is Cc1cc([C@H]2CCCCCN2S(C)(=O)=O)on1. The summed E-state index contributed by atoms with van der Waals surface area (Å²) in [4.78, 5) is 0. The van der Waals surface area contributed by atoms with Crippen LogP contribution in [0, 0.1) is 6.92 Å². The molecule has 1 saturated heterocycles. The molecular weight excluding hydrogens is 240 g/mol. The molecule has 1 fully saturated rings. The fraction of sp³-hybridized carbons (Fsp3) is 0.727. The predicted molar refractivity (Wildman–Crippen MR) is 64.0 cm³/mol. The molecule has 1 aromatic heterocycles. The number of aryl methyl sites for hydroxylation is 1. The second-order valence-electron chi connectivity index (χ2n) is 4.61. The van der Waals surface area contributed by atoms with Crippen LogP contribution in [0.4, 0.5) is 0 Å². The Balaban J connectivity index is 2.33. The van der Waals surface area contributed by atoms with Crippen molar-refractivity contribution >= 4 is 10.0 Å². The molecule has 0 N–H and O–H groups in total. The van der Waals surface area contributed by atoms with Gasteiger partial charge in [-0.2, -0.15) is 4.31 Å². The summed E-state index contributed by atoms with van der Waals surface area (Å²) in [5.41, 5.74) is 0.790. The van der Waals surface area contributed by atoms with Gasteiger partial charge in [0.2, 0.25) is 10.0 Å². The molecule has 1 atom stereocenters. The molecule has 1 aromatic rings. The summed E-state index contributed by atoms with van der Waals surface area (Å²) in [6, 6.07) is 1.64. The van der Waals surface area contributed by atoms with E-state index in [0.717, 1.165) is 31.4 Å². The molecule has 0 radical (unpaired) electrons. The molecule has 0 spiro atoms. The molecule has 96 valence electrons. The summed E-state index contributed by atoms with van der Waals surface area (Å²) in [6.07, 6.45) is 5.07. The van der Waals surface area contributed by atoms with Crippen LogP contribution in [0.2, 0.25) is 0 Å². The van der Waals surface area contributed by atoms with Crippen LogP contribution in [0.1, 0.15) is 43.2 Å². The van der Waals surface area contributed by atoms with Crippen LogP contribution in [0.25, 0.3) is 0 Å². The molecular formula is C11H18N2O3S. The highest BCUT2D eigenvalue weighted by molar-refractivity contribution is 7.88. The van der Waals surface area contributed by atoms with E-state index >= 15 is 0 Å². The van der Waals surface area contributed by atoms with Crippen LogP contribution >= 0.6 is 0 Å². The lowest BCUT2D eigenvalue weighted by molar-refractivity contribution is 0.259. The Morgan fingerprint density at radius 3 is 2.76 bits per heavy atom. The van der Waals surface area contributed by atoms with E-state index in [0.29, 0.717) is 12.3 Å². The first-order valence-electron chi connectivity index (χ1n) is 5.88. The minimum Gasteiger partial charge on any atom is -0.359 e. The van der Waals surface area contributed by atoms with E-state index in [9.17, 15) is 8.42 Å². The minimum absolute atomic E-state index is 0.186. The number of rotatable bonds is 2. The van der Waals surface area contributed by atoms with Crippen molar-refractivity contribution in [3.8, 4) is 0 Å². The summed E-state index contributed by atoms with van der Waals surface area (Å²) >= 11 is 0. The van der Waals surface area contributed by atoms with Crippen LogP contribution in [-0.4, -0.2) is 30.7 Å². The molecule has 0 amide bonds. The maximum absolute atomic E-state index is 11.8. The van der Waals surface area contributed by atoms with Gasteiger partial charge >= 0.3 is 0 Å². The van der Waals surface area contributed by atoms with Gasteiger partial charge in [0.1, 0.15) is 0 Å². The van der Waals surface area contributed by atoms with E-state index in [1.807, 2.05) is 13.0 Å². The van der Waals surface area contributed by atoms with Gasteiger partial charge in [-0.15, -0.1) is 0 Å². The van der Waals surface area contributed by atoms with Gasteiger partial charge in [0, 0.05) is 12.6 Å². The summed E-state index contributed by atoms with van der Waals surface area (Å²) in [5.74, 6) is 0.662. The Morgan fingerprint density at radius 1 is 1.41 bits per heavy atom. The third-order valence-corrected chi connectivity index (χ3v) is 4.39. The van der Waals surface area contributed by atoms with Crippen molar-refractivity contribution in [3.05, 3.63) is 17.5 Å². The zero-order chi connectivity index (χ0) is 12.5. The fourth-order valence-corrected chi connectivity index (χ4v) is 3.44. The quantitative estimate of drug-likeness (QED) is 0.812. The van der Waals surface area contributed by atoms with Crippen LogP contribution < -0.4 is 0 Å². The van der Waals surface area contributed by atoms with Crippen molar-refractivity contribution < 1.29 is 12.9 Å². The molecule has 2 rings (SSSR count). The predicted octanol–water partition coefficient (Wildman–Crippen LogP) is 1.86. The van der Waals surface area contributed by atoms with E-state index < -0.39 is 10.0 Å². The number of hydrogen-bond acceptors (Lipinski definition) is 4. The Kier molecular flexibility index (Phi) is 3.53. The van der Waals surface area contributed by atoms with Crippen molar-refractivity contribution in [3.63, 3.8) is 0 Å². The molecule has 17 heavy (non-hydrogen) atoms. The molecule has 0 unspecified atom stereocenters. The van der Waals surface area contributed by atoms with Gasteiger partial charge in [-0.3, -0.25) is 0 Å². The van der Waals surface area contributed by atoms with E-state index in [1.165, 1.54) is 6.26 Å². The molecule has 0 aromatic carbocycles. The zero-order valence-electron chi connectivity index (χ0n) is 10.2. The lowest BCUT2D eigenvalue weighted by Crippen LogP contribution is -2.33. The molecule has 0 aliphatic carbocycles. The molecule has 6 heteroatoms. The first-order valence-corrected chi connectivity index (χ1v) is 7.73. The normalized spacial score (nSPS) is 23.5. The number of hydrogen-bond donors (Lipinski definition) is 0. The summed E-state index contributed by atoms with van der Waals surface area (Å²) in [6.45, 7) is 2.41. The molecule has 0 saturated carbocycles. The Labute approximate surface area is 102 Å². The first kappa shape index (κ1) is 12.6. The molecule has 0 bridgehead atoms. The minimum atomic E-state index is -3.19. The van der Waals surface area contributed by atoms with E-state index in [2.05, 4.69) is 5.16 Å². The smallest absolute Gasteiger partial charge is 0.211 e. The lowest BCUT2D eigenvalue weighted by Gasteiger charge is -2.25. The number of aromatic nitrogens is 1. The largest absolute Gasteiger partial charge is 0.359 e. The highest BCUT2D eigenvalue weighted by Gasteiger charge is 2.31. The summed E-state index contributed by atoms with van der Waals surface area (Å²) < 4.78 is 30.4. The van der Waals surface area contributed by atoms with Gasteiger partial charge in [0.25, 0.3) is 0 Å². The topological polar surface area (TPSA) is 63.4 Å². The molecule has 5 nitrogen and oxygen atoms in total. The Morgan fingerprint density at radius 2 is 2.18 bits per heavy atom. The second-order valence-corrected chi connectivity index (χ2v) is 6.54. The van der Waals surface area contributed by atoms with Crippen LogP contribution in [0.3, 0.4) is 0 Å². The standard InChI is InChI=1S/C11H18N2O3S/c1-9-8-11(16-12-9)10-6-4-3-5-7-13(10)17(2,14)15/h8,10H,3-7H2,1-2H3/t10-/m1/s1. The monoisotopic (exact) mass is 258 g/mol. The number of sulfonamides is 1. The van der Waals surface area contributed by atoms with Gasteiger partial charge in [-0.25, -0.2) is 8.42 Å². The van der Waals surface area contributed by atoms with Crippen molar-refractivity contribution in [2.75, 3.05) is 12.8 Å². The van der Waals surface area contributed by atoms with E-state index in [4.69, 9.17) is 4.52 Å². The van der Waals surface area contributed by atoms with Gasteiger partial charge in [0.15, 0.2) is 5.76 Å². The van der Waals surface area contributed by atoms with Gasteiger partial charge < -0.3 is 4.52 Å². The third-order valence-electron chi connectivity index (χ3n) is 3.10. The average molecular weight is 258 g/mol.